The van der Waals surface area contributed by atoms with E-state index in [1.54, 1.807) is 0 Å². The molecule has 0 aromatic heterocycles. The average Bonchev–Trinajstić information content (AvgIpc) is 2.17. The molecule has 0 aliphatic rings. The van der Waals surface area contributed by atoms with Crippen LogP contribution in [0.15, 0.2) is 18.2 Å². The van der Waals surface area contributed by atoms with Crippen molar-refractivity contribution in [2.75, 3.05) is 0 Å². The smallest absolute Gasteiger partial charge is 0.416 e. The Morgan fingerprint density at radius 1 is 1.29 bits per heavy atom. The summed E-state index contributed by atoms with van der Waals surface area (Å²) in [6.45, 7) is 4.00. The highest BCUT2D eigenvalue weighted by atomic mass is 35.5. The zero-order chi connectivity index (χ0) is 13.6. The third kappa shape index (κ3) is 5.58. The van der Waals surface area contributed by atoms with E-state index in [1.807, 2.05) is 13.8 Å². The molecule has 6 heteroatoms. The first kappa shape index (κ1) is 15.8. The van der Waals surface area contributed by atoms with Gasteiger partial charge in [-0.3, -0.25) is 4.79 Å². The number of carboxylic acid groups (broad SMARTS) is 1. The Labute approximate surface area is 102 Å². The van der Waals surface area contributed by atoms with E-state index >= 15 is 0 Å². The zero-order valence-electron chi connectivity index (χ0n) is 9.31. The lowest BCUT2D eigenvalue weighted by molar-refractivity contribution is -0.138. The molecular formula is C11H12ClF3O2. The van der Waals surface area contributed by atoms with E-state index in [0.29, 0.717) is 0 Å². The first-order chi connectivity index (χ1) is 7.79. The predicted octanol–water partition coefficient (Wildman–Crippen LogP) is 4.01. The van der Waals surface area contributed by atoms with Gasteiger partial charge in [0.25, 0.3) is 0 Å². The first-order valence-electron chi connectivity index (χ1n) is 4.87. The van der Waals surface area contributed by atoms with Crippen LogP contribution in [0.4, 0.5) is 13.2 Å². The number of rotatable bonds is 2. The van der Waals surface area contributed by atoms with Crippen molar-refractivity contribution >= 4 is 17.6 Å². The van der Waals surface area contributed by atoms with Crippen molar-refractivity contribution in [3.63, 3.8) is 0 Å². The highest BCUT2D eigenvalue weighted by Gasteiger charge is 2.31. The van der Waals surface area contributed by atoms with Gasteiger partial charge in [-0.15, -0.1) is 0 Å². The van der Waals surface area contributed by atoms with Gasteiger partial charge < -0.3 is 5.11 Å². The topological polar surface area (TPSA) is 37.3 Å². The maximum atomic E-state index is 12.3. The Kier molecular flexibility index (Phi) is 6.02. The Morgan fingerprint density at radius 3 is 2.24 bits per heavy atom. The molecule has 2 nitrogen and oxygen atoms in total. The minimum atomic E-state index is -4.52. The lowest BCUT2D eigenvalue weighted by atomic mass is 10.1. The summed E-state index contributed by atoms with van der Waals surface area (Å²) in [6, 6.07) is 2.73. The predicted molar refractivity (Wildman–Crippen MR) is 59.1 cm³/mol. The molecule has 1 N–H and O–H groups in total. The van der Waals surface area contributed by atoms with Crippen LogP contribution in [0, 0.1) is 0 Å². The summed E-state index contributed by atoms with van der Waals surface area (Å²) < 4.78 is 36.8. The maximum Gasteiger partial charge on any atom is 0.416 e. The number of alkyl halides is 3. The monoisotopic (exact) mass is 268 g/mol. The second kappa shape index (κ2) is 6.49. The molecule has 0 amide bonds. The lowest BCUT2D eigenvalue weighted by Crippen LogP contribution is -2.07. The molecule has 0 bridgehead atoms. The van der Waals surface area contributed by atoms with Crippen molar-refractivity contribution in [1.82, 2.24) is 0 Å². The molecule has 1 rings (SSSR count). The van der Waals surface area contributed by atoms with Crippen LogP contribution < -0.4 is 0 Å². The van der Waals surface area contributed by atoms with Gasteiger partial charge in [0.1, 0.15) is 0 Å². The second-order valence-corrected chi connectivity index (χ2v) is 3.35. The summed E-state index contributed by atoms with van der Waals surface area (Å²) in [5.41, 5.74) is -0.909. The molecule has 1 aromatic carbocycles. The van der Waals surface area contributed by atoms with Crippen LogP contribution in [0.3, 0.4) is 0 Å². The molecule has 0 saturated heterocycles. The Hall–Kier alpha value is -1.23. The fourth-order valence-corrected chi connectivity index (χ4v) is 1.35. The molecule has 1 aromatic rings. The van der Waals surface area contributed by atoms with Crippen LogP contribution in [-0.2, 0) is 17.4 Å². The van der Waals surface area contributed by atoms with E-state index in [-0.39, 0.29) is 10.6 Å². The van der Waals surface area contributed by atoms with Crippen LogP contribution in [0.5, 0.6) is 0 Å². The largest absolute Gasteiger partial charge is 0.481 e. The zero-order valence-corrected chi connectivity index (χ0v) is 10.1. The number of benzene rings is 1. The summed E-state index contributed by atoms with van der Waals surface area (Å²) in [5.74, 6) is -1.20. The fraction of sp³-hybridized carbons (Fsp3) is 0.364. The van der Waals surface area contributed by atoms with Crippen molar-refractivity contribution < 1.29 is 23.1 Å². The fourth-order valence-electron chi connectivity index (χ4n) is 1.09. The Bertz CT molecular complexity index is 389. The van der Waals surface area contributed by atoms with Gasteiger partial charge in [-0.05, 0) is 23.8 Å². The quantitative estimate of drug-likeness (QED) is 0.880. The van der Waals surface area contributed by atoms with Gasteiger partial charge in [0.2, 0.25) is 0 Å². The third-order valence-electron chi connectivity index (χ3n) is 1.64. The van der Waals surface area contributed by atoms with Gasteiger partial charge in [0.05, 0.1) is 12.0 Å². The van der Waals surface area contributed by atoms with Gasteiger partial charge in [-0.1, -0.05) is 25.4 Å². The van der Waals surface area contributed by atoms with E-state index in [1.165, 1.54) is 6.07 Å². The summed E-state index contributed by atoms with van der Waals surface area (Å²) in [6.07, 6.45) is -5.00. The number of halogens is 4. The number of hydrogen-bond acceptors (Lipinski definition) is 1. The maximum absolute atomic E-state index is 12.3. The van der Waals surface area contributed by atoms with Gasteiger partial charge in [-0.25, -0.2) is 0 Å². The molecule has 0 aliphatic heterocycles. The van der Waals surface area contributed by atoms with Gasteiger partial charge >= 0.3 is 12.1 Å². The molecule has 0 unspecified atom stereocenters. The summed E-state index contributed by atoms with van der Waals surface area (Å²) in [4.78, 5) is 10.3. The molecule has 0 fully saturated rings. The normalized spacial score (nSPS) is 10.5. The number of hydrogen-bond donors (Lipinski definition) is 1. The highest BCUT2D eigenvalue weighted by Crippen LogP contribution is 2.31. The minimum Gasteiger partial charge on any atom is -0.481 e. The highest BCUT2D eigenvalue weighted by molar-refractivity contribution is 6.30. The second-order valence-electron chi connectivity index (χ2n) is 2.92. The average molecular weight is 269 g/mol. The van der Waals surface area contributed by atoms with Crippen molar-refractivity contribution in [2.24, 2.45) is 0 Å². The molecule has 0 radical (unpaired) electrons. The van der Waals surface area contributed by atoms with E-state index in [2.05, 4.69) is 0 Å². The Morgan fingerprint density at radius 2 is 1.82 bits per heavy atom. The van der Waals surface area contributed by atoms with Gasteiger partial charge in [-0.2, -0.15) is 13.2 Å². The molecule has 0 saturated carbocycles. The summed E-state index contributed by atoms with van der Waals surface area (Å²) in [7, 11) is 0. The molecule has 0 atom stereocenters. The van der Waals surface area contributed by atoms with Gasteiger partial charge in [0, 0.05) is 5.02 Å². The molecule has 0 spiro atoms. The van der Waals surface area contributed by atoms with E-state index in [0.717, 1.165) is 12.1 Å². The van der Waals surface area contributed by atoms with Crippen LogP contribution >= 0.6 is 11.6 Å². The summed E-state index contributed by atoms with van der Waals surface area (Å²) >= 11 is 5.45. The van der Waals surface area contributed by atoms with Crippen molar-refractivity contribution in [3.05, 3.63) is 34.3 Å². The minimum absolute atomic E-state index is 0.0299. The van der Waals surface area contributed by atoms with E-state index < -0.39 is 24.1 Å². The summed E-state index contributed by atoms with van der Waals surface area (Å²) in [5, 5.41) is 8.30. The van der Waals surface area contributed by atoms with E-state index in [9.17, 15) is 18.0 Å². The number of carbonyl (C=O) groups is 1. The number of carboxylic acids is 1. The van der Waals surface area contributed by atoms with Crippen LogP contribution in [0.2, 0.25) is 5.02 Å². The molecule has 0 heterocycles. The van der Waals surface area contributed by atoms with Crippen LogP contribution in [0.1, 0.15) is 25.0 Å². The van der Waals surface area contributed by atoms with Crippen molar-refractivity contribution in [1.29, 1.82) is 0 Å². The SMILES string of the molecule is CC.O=C(O)Cc1cc(Cl)cc(C(F)(F)F)c1. The van der Waals surface area contributed by atoms with Crippen LogP contribution in [-0.4, -0.2) is 11.1 Å². The molecular weight excluding hydrogens is 257 g/mol. The standard InChI is InChI=1S/C9H6ClF3O2.C2H6/c10-7-2-5(3-8(14)15)1-6(4-7)9(11,12)13;1-2/h1-2,4H,3H2,(H,14,15);1-2H3. The molecule has 96 valence electrons. The van der Waals surface area contributed by atoms with Crippen molar-refractivity contribution in [2.45, 2.75) is 26.4 Å². The number of aliphatic carboxylic acids is 1. The van der Waals surface area contributed by atoms with E-state index in [4.69, 9.17) is 16.7 Å². The Balaban J connectivity index is 0.00000121. The van der Waals surface area contributed by atoms with Gasteiger partial charge in [0.15, 0.2) is 0 Å². The first-order valence-corrected chi connectivity index (χ1v) is 5.25. The lowest BCUT2D eigenvalue weighted by Gasteiger charge is -2.08. The van der Waals surface area contributed by atoms with Crippen molar-refractivity contribution in [3.8, 4) is 0 Å². The third-order valence-corrected chi connectivity index (χ3v) is 1.86. The van der Waals surface area contributed by atoms with Crippen LogP contribution in [0.25, 0.3) is 0 Å². The molecule has 0 aliphatic carbocycles. The molecule has 17 heavy (non-hydrogen) atoms.